The van der Waals surface area contributed by atoms with E-state index in [4.69, 9.17) is 5.73 Å². The number of carboxylic acid groups (broad SMARTS) is 1. The summed E-state index contributed by atoms with van der Waals surface area (Å²) < 4.78 is 0. The Kier molecular flexibility index (Phi) is 9.94. The fraction of sp³-hybridized carbons (Fsp3) is 0.867. The van der Waals surface area contributed by atoms with E-state index in [2.05, 4.69) is 13.8 Å². The lowest BCUT2D eigenvalue weighted by Crippen LogP contribution is -2.56. The highest BCUT2D eigenvalue weighted by atomic mass is 32.2. The quantitative estimate of drug-likeness (QED) is 0.329. The molecule has 4 nitrogen and oxygen atoms in total. The Morgan fingerprint density at radius 3 is 2.50 bits per heavy atom. The smallest absolute Gasteiger partial charge is 0.331 e. The highest BCUT2D eigenvalue weighted by Crippen LogP contribution is 2.27. The van der Waals surface area contributed by atoms with Crippen LogP contribution in [-0.2, 0) is 9.59 Å². The molecule has 0 saturated heterocycles. The van der Waals surface area contributed by atoms with Crippen molar-refractivity contribution in [1.29, 1.82) is 0 Å². The Balaban J connectivity index is 4.52. The third-order valence-corrected chi connectivity index (χ3v) is 4.58. The van der Waals surface area contributed by atoms with Crippen molar-refractivity contribution in [1.82, 2.24) is 0 Å². The zero-order chi connectivity index (χ0) is 15.6. The van der Waals surface area contributed by atoms with Gasteiger partial charge >= 0.3 is 5.97 Å². The average Bonchev–Trinajstić information content (AvgIpc) is 2.42. The summed E-state index contributed by atoms with van der Waals surface area (Å²) in [6.07, 6.45) is 8.89. The molecule has 0 aromatic heterocycles. The van der Waals surface area contributed by atoms with E-state index in [1.54, 1.807) is 11.8 Å². The summed E-state index contributed by atoms with van der Waals surface area (Å²) in [5.74, 6) is -0.537. The van der Waals surface area contributed by atoms with Gasteiger partial charge in [0.2, 0.25) is 0 Å². The van der Waals surface area contributed by atoms with Crippen molar-refractivity contribution in [2.45, 2.75) is 57.9 Å². The molecule has 0 heterocycles. The van der Waals surface area contributed by atoms with E-state index in [0.29, 0.717) is 24.4 Å². The maximum absolute atomic E-state index is 11.3. The highest BCUT2D eigenvalue weighted by Gasteiger charge is 2.42. The van der Waals surface area contributed by atoms with Crippen molar-refractivity contribution >= 4 is 24.0 Å². The number of rotatable bonds is 12. The van der Waals surface area contributed by atoms with Gasteiger partial charge in [0, 0.05) is 5.92 Å². The highest BCUT2D eigenvalue weighted by molar-refractivity contribution is 7.98. The minimum Gasteiger partial charge on any atom is -0.480 e. The van der Waals surface area contributed by atoms with Crippen molar-refractivity contribution in [3.05, 3.63) is 0 Å². The molecule has 20 heavy (non-hydrogen) atoms. The molecule has 3 N–H and O–H groups in total. The van der Waals surface area contributed by atoms with Crippen molar-refractivity contribution in [2.24, 2.45) is 17.6 Å². The molecular weight excluding hydrogens is 274 g/mol. The SMILES string of the molecule is CCCCCCC(C)CC(CSC)C(N)(C=O)C(=O)O. The number of aldehydes is 1. The summed E-state index contributed by atoms with van der Waals surface area (Å²) in [6, 6.07) is 0. The molecule has 0 aliphatic rings. The van der Waals surface area contributed by atoms with Crippen molar-refractivity contribution in [2.75, 3.05) is 12.0 Å². The number of aliphatic carboxylic acids is 1. The van der Waals surface area contributed by atoms with Gasteiger partial charge in [0.1, 0.15) is 0 Å². The molecule has 0 spiro atoms. The molecule has 0 rings (SSSR count). The molecule has 0 aromatic rings. The molecule has 0 aliphatic heterocycles. The Labute approximate surface area is 126 Å². The van der Waals surface area contributed by atoms with Gasteiger partial charge in [-0.1, -0.05) is 46.0 Å². The molecule has 0 amide bonds. The van der Waals surface area contributed by atoms with Gasteiger partial charge < -0.3 is 15.6 Å². The molecule has 118 valence electrons. The van der Waals surface area contributed by atoms with E-state index in [9.17, 15) is 14.7 Å². The Hall–Kier alpha value is -0.550. The summed E-state index contributed by atoms with van der Waals surface area (Å²) >= 11 is 1.54. The molecule has 0 bridgehead atoms. The van der Waals surface area contributed by atoms with E-state index in [-0.39, 0.29) is 5.92 Å². The minimum atomic E-state index is -1.75. The molecule has 5 heteroatoms. The van der Waals surface area contributed by atoms with E-state index in [1.807, 2.05) is 6.26 Å². The van der Waals surface area contributed by atoms with Crippen molar-refractivity contribution in [3.63, 3.8) is 0 Å². The number of carboxylic acids is 1. The second kappa shape index (κ2) is 10.2. The topological polar surface area (TPSA) is 80.4 Å². The van der Waals surface area contributed by atoms with Crippen LogP contribution in [0.3, 0.4) is 0 Å². The standard InChI is InChI=1S/C15H29NO3S/c1-4-5-6-7-8-12(2)9-13(10-20-3)15(16,11-17)14(18)19/h11-13H,4-10,16H2,1-3H3,(H,18,19). The third-order valence-electron chi connectivity index (χ3n) is 3.85. The predicted molar refractivity (Wildman–Crippen MR) is 85.0 cm³/mol. The van der Waals surface area contributed by atoms with Crippen LogP contribution < -0.4 is 5.73 Å². The molecule has 0 aliphatic carbocycles. The van der Waals surface area contributed by atoms with Gasteiger partial charge in [-0.2, -0.15) is 11.8 Å². The minimum absolute atomic E-state index is 0.311. The number of carbonyl (C=O) groups excluding carboxylic acids is 1. The summed E-state index contributed by atoms with van der Waals surface area (Å²) in [7, 11) is 0. The van der Waals surface area contributed by atoms with Crippen LogP contribution in [0, 0.1) is 11.8 Å². The number of hydrogen-bond donors (Lipinski definition) is 2. The van der Waals surface area contributed by atoms with E-state index >= 15 is 0 Å². The Morgan fingerprint density at radius 2 is 2.05 bits per heavy atom. The molecule has 0 aromatic carbocycles. The largest absolute Gasteiger partial charge is 0.480 e. The fourth-order valence-corrected chi connectivity index (χ4v) is 3.26. The Morgan fingerprint density at radius 1 is 1.40 bits per heavy atom. The first-order valence-electron chi connectivity index (χ1n) is 7.39. The zero-order valence-corrected chi connectivity index (χ0v) is 13.7. The number of hydrogen-bond acceptors (Lipinski definition) is 4. The molecule has 0 fully saturated rings. The maximum Gasteiger partial charge on any atom is 0.331 e. The van der Waals surface area contributed by atoms with Crippen LogP contribution in [0.2, 0.25) is 0 Å². The number of carbonyl (C=O) groups is 2. The summed E-state index contributed by atoms with van der Waals surface area (Å²) in [4.78, 5) is 22.4. The Bertz CT molecular complexity index is 299. The summed E-state index contributed by atoms with van der Waals surface area (Å²) in [5.41, 5.74) is 4.06. The first-order valence-corrected chi connectivity index (χ1v) is 8.79. The van der Waals surface area contributed by atoms with Crippen LogP contribution >= 0.6 is 11.8 Å². The van der Waals surface area contributed by atoms with Crippen molar-refractivity contribution in [3.8, 4) is 0 Å². The first-order chi connectivity index (χ1) is 9.42. The van der Waals surface area contributed by atoms with Crippen LogP contribution in [0.4, 0.5) is 0 Å². The molecule has 0 radical (unpaired) electrons. The lowest BCUT2D eigenvalue weighted by Gasteiger charge is -2.30. The number of nitrogens with two attached hydrogens (primary N) is 1. The van der Waals surface area contributed by atoms with Gasteiger partial charge in [-0.05, 0) is 24.3 Å². The van der Waals surface area contributed by atoms with Crippen LogP contribution in [0.1, 0.15) is 52.4 Å². The van der Waals surface area contributed by atoms with Gasteiger partial charge in [0.25, 0.3) is 0 Å². The van der Waals surface area contributed by atoms with Crippen LogP contribution in [0.5, 0.6) is 0 Å². The first kappa shape index (κ1) is 19.4. The fourth-order valence-electron chi connectivity index (χ4n) is 2.45. The van der Waals surface area contributed by atoms with Gasteiger partial charge in [0.05, 0.1) is 0 Å². The van der Waals surface area contributed by atoms with Crippen LogP contribution in [0.15, 0.2) is 0 Å². The van der Waals surface area contributed by atoms with Crippen LogP contribution in [0.25, 0.3) is 0 Å². The van der Waals surface area contributed by atoms with Gasteiger partial charge in [-0.15, -0.1) is 0 Å². The monoisotopic (exact) mass is 303 g/mol. The van der Waals surface area contributed by atoms with Crippen LogP contribution in [-0.4, -0.2) is 34.9 Å². The second-order valence-corrected chi connectivity index (χ2v) is 6.61. The second-order valence-electron chi connectivity index (χ2n) is 5.70. The van der Waals surface area contributed by atoms with Gasteiger partial charge in [0.15, 0.2) is 11.8 Å². The lowest BCUT2D eigenvalue weighted by molar-refractivity contribution is -0.147. The third kappa shape index (κ3) is 6.27. The molecule has 3 unspecified atom stereocenters. The average molecular weight is 303 g/mol. The van der Waals surface area contributed by atoms with E-state index in [1.165, 1.54) is 19.3 Å². The van der Waals surface area contributed by atoms with Gasteiger partial charge in [-0.3, -0.25) is 0 Å². The zero-order valence-electron chi connectivity index (χ0n) is 12.9. The molecule has 3 atom stereocenters. The number of thioether (sulfide) groups is 1. The van der Waals surface area contributed by atoms with Gasteiger partial charge in [-0.25, -0.2) is 4.79 Å². The lowest BCUT2D eigenvalue weighted by atomic mass is 9.80. The molecule has 0 saturated carbocycles. The van der Waals surface area contributed by atoms with E-state index < -0.39 is 11.5 Å². The normalized spacial score (nSPS) is 17.2. The van der Waals surface area contributed by atoms with Crippen molar-refractivity contribution < 1.29 is 14.7 Å². The predicted octanol–water partition coefficient (Wildman–Crippen LogP) is 2.94. The van der Waals surface area contributed by atoms with E-state index in [0.717, 1.165) is 12.8 Å². The molecular formula is C15H29NO3S. The summed E-state index contributed by atoms with van der Waals surface area (Å²) in [5, 5.41) is 9.22. The maximum atomic E-state index is 11.3. The number of unbranched alkanes of at least 4 members (excludes halogenated alkanes) is 3. The summed E-state index contributed by atoms with van der Waals surface area (Å²) in [6.45, 7) is 4.30.